The number of piperidine rings is 1. The third kappa shape index (κ3) is 1.75. The van der Waals surface area contributed by atoms with Crippen molar-refractivity contribution in [3.63, 3.8) is 0 Å². The normalized spacial score (nSPS) is 33.7. The molecule has 0 bridgehead atoms. The summed E-state index contributed by atoms with van der Waals surface area (Å²) < 4.78 is 0. The molecule has 86 valence electrons. The van der Waals surface area contributed by atoms with Gasteiger partial charge in [0.15, 0.2) is 0 Å². The van der Waals surface area contributed by atoms with Crippen molar-refractivity contribution in [1.82, 2.24) is 10.3 Å². The molecule has 2 heterocycles. The van der Waals surface area contributed by atoms with Gasteiger partial charge < -0.3 is 5.32 Å². The van der Waals surface area contributed by atoms with E-state index in [9.17, 15) is 0 Å². The monoisotopic (exact) mass is 216 g/mol. The summed E-state index contributed by atoms with van der Waals surface area (Å²) in [7, 11) is 0. The third-order valence-electron chi connectivity index (χ3n) is 4.19. The van der Waals surface area contributed by atoms with E-state index in [-0.39, 0.29) is 0 Å². The Bertz CT molecular complexity index is 375. The van der Waals surface area contributed by atoms with Crippen LogP contribution in [0, 0.1) is 5.92 Å². The maximum atomic E-state index is 4.60. The van der Waals surface area contributed by atoms with E-state index in [0.717, 1.165) is 5.92 Å². The molecule has 2 nitrogen and oxygen atoms in total. The maximum Gasteiger partial charge on any atom is 0.0482 e. The summed E-state index contributed by atoms with van der Waals surface area (Å²) >= 11 is 0. The summed E-state index contributed by atoms with van der Waals surface area (Å²) in [6.07, 6.45) is 7.11. The summed E-state index contributed by atoms with van der Waals surface area (Å²) in [6.45, 7) is 3.56. The Morgan fingerprint density at radius 2 is 2.31 bits per heavy atom. The van der Waals surface area contributed by atoms with Crippen LogP contribution >= 0.6 is 0 Å². The first-order valence-corrected chi connectivity index (χ1v) is 6.52. The average molecular weight is 216 g/mol. The molecule has 0 spiro atoms. The van der Waals surface area contributed by atoms with Gasteiger partial charge in [-0.1, -0.05) is 13.0 Å². The predicted molar refractivity (Wildman–Crippen MR) is 65.5 cm³/mol. The van der Waals surface area contributed by atoms with Crippen LogP contribution in [0.5, 0.6) is 0 Å². The molecule has 1 aliphatic carbocycles. The van der Waals surface area contributed by atoms with Crippen LogP contribution in [-0.4, -0.2) is 17.6 Å². The molecule has 1 saturated heterocycles. The largest absolute Gasteiger partial charge is 0.313 e. The first-order chi connectivity index (χ1) is 7.84. The number of aromatic nitrogens is 1. The van der Waals surface area contributed by atoms with E-state index in [0.29, 0.717) is 12.0 Å². The summed E-state index contributed by atoms with van der Waals surface area (Å²) in [4.78, 5) is 4.60. The van der Waals surface area contributed by atoms with Gasteiger partial charge in [0.05, 0.1) is 0 Å². The van der Waals surface area contributed by atoms with Crippen LogP contribution in [0.4, 0.5) is 0 Å². The number of aryl methyl sites for hydroxylation is 1. The molecule has 3 unspecified atom stereocenters. The number of nitrogens with zero attached hydrogens (tertiary/aromatic N) is 1. The lowest BCUT2D eigenvalue weighted by atomic mass is 9.85. The van der Waals surface area contributed by atoms with Gasteiger partial charge in [0.1, 0.15) is 0 Å². The molecule has 1 aromatic rings. The Morgan fingerprint density at radius 1 is 1.38 bits per heavy atom. The Balaban J connectivity index is 1.81. The molecular weight excluding hydrogens is 196 g/mol. The number of hydrogen-bond donors (Lipinski definition) is 1. The Labute approximate surface area is 97.5 Å². The molecule has 3 atom stereocenters. The van der Waals surface area contributed by atoms with Crippen LogP contribution in [0.3, 0.4) is 0 Å². The molecule has 3 rings (SSSR count). The molecule has 0 aromatic carbocycles. The highest BCUT2D eigenvalue weighted by Crippen LogP contribution is 2.37. The van der Waals surface area contributed by atoms with E-state index in [2.05, 4.69) is 29.4 Å². The second-order valence-corrected chi connectivity index (χ2v) is 5.38. The van der Waals surface area contributed by atoms with E-state index in [4.69, 9.17) is 0 Å². The molecule has 0 radical (unpaired) electrons. The molecule has 1 N–H and O–H groups in total. The van der Waals surface area contributed by atoms with Crippen LogP contribution in [0.15, 0.2) is 18.3 Å². The van der Waals surface area contributed by atoms with Crippen molar-refractivity contribution in [2.45, 2.75) is 44.6 Å². The van der Waals surface area contributed by atoms with Crippen molar-refractivity contribution >= 4 is 0 Å². The third-order valence-corrected chi connectivity index (χ3v) is 4.19. The molecule has 1 aliphatic heterocycles. The van der Waals surface area contributed by atoms with Crippen molar-refractivity contribution in [2.24, 2.45) is 5.92 Å². The second-order valence-electron chi connectivity index (χ2n) is 5.38. The fourth-order valence-electron chi connectivity index (χ4n) is 3.29. The topological polar surface area (TPSA) is 24.9 Å². The van der Waals surface area contributed by atoms with E-state index in [1.165, 1.54) is 43.5 Å². The van der Waals surface area contributed by atoms with E-state index >= 15 is 0 Å². The van der Waals surface area contributed by atoms with E-state index < -0.39 is 0 Å². The highest BCUT2D eigenvalue weighted by molar-refractivity contribution is 5.30. The average Bonchev–Trinajstić information content (AvgIpc) is 2.72. The van der Waals surface area contributed by atoms with Crippen molar-refractivity contribution in [1.29, 1.82) is 0 Å². The fraction of sp³-hybridized carbons (Fsp3) is 0.643. The SMILES string of the molecule is CC1CCNC(C2CCc3cccnc32)C1. The van der Waals surface area contributed by atoms with Gasteiger partial charge in [-0.3, -0.25) is 4.98 Å². The number of fused-ring (bicyclic) bond motifs is 1. The minimum Gasteiger partial charge on any atom is -0.313 e. The highest BCUT2D eigenvalue weighted by Gasteiger charge is 2.32. The summed E-state index contributed by atoms with van der Waals surface area (Å²) in [5, 5.41) is 3.69. The molecule has 1 fully saturated rings. The van der Waals surface area contributed by atoms with Gasteiger partial charge in [-0.2, -0.15) is 0 Å². The molecule has 16 heavy (non-hydrogen) atoms. The first kappa shape index (κ1) is 10.3. The van der Waals surface area contributed by atoms with Crippen LogP contribution < -0.4 is 5.32 Å². The van der Waals surface area contributed by atoms with Gasteiger partial charge in [-0.25, -0.2) is 0 Å². The standard InChI is InChI=1S/C14H20N2/c1-10-6-8-15-13(9-10)12-5-4-11-3-2-7-16-14(11)12/h2-3,7,10,12-13,15H,4-6,8-9H2,1H3. The lowest BCUT2D eigenvalue weighted by Crippen LogP contribution is -2.41. The highest BCUT2D eigenvalue weighted by atomic mass is 14.9. The Kier molecular flexibility index (Phi) is 2.68. The molecule has 2 aliphatic rings. The smallest absolute Gasteiger partial charge is 0.0482 e. The number of pyridine rings is 1. The van der Waals surface area contributed by atoms with Crippen LogP contribution in [0.25, 0.3) is 0 Å². The van der Waals surface area contributed by atoms with Gasteiger partial charge in [-0.15, -0.1) is 0 Å². The van der Waals surface area contributed by atoms with Gasteiger partial charge in [0.2, 0.25) is 0 Å². The zero-order valence-electron chi connectivity index (χ0n) is 9.95. The lowest BCUT2D eigenvalue weighted by Gasteiger charge is -2.32. The van der Waals surface area contributed by atoms with E-state index in [1.807, 2.05) is 6.20 Å². The quantitative estimate of drug-likeness (QED) is 0.780. The molecule has 0 saturated carbocycles. The van der Waals surface area contributed by atoms with Crippen molar-refractivity contribution < 1.29 is 0 Å². The molecular formula is C14H20N2. The zero-order valence-corrected chi connectivity index (χ0v) is 9.95. The van der Waals surface area contributed by atoms with Crippen molar-refractivity contribution in [3.05, 3.63) is 29.6 Å². The zero-order chi connectivity index (χ0) is 11.0. The molecule has 1 aromatic heterocycles. The van der Waals surface area contributed by atoms with Gasteiger partial charge in [0, 0.05) is 23.9 Å². The van der Waals surface area contributed by atoms with Gasteiger partial charge >= 0.3 is 0 Å². The minimum absolute atomic E-state index is 0.666. The Hall–Kier alpha value is -0.890. The van der Waals surface area contributed by atoms with Crippen LogP contribution in [-0.2, 0) is 6.42 Å². The maximum absolute atomic E-state index is 4.60. The minimum atomic E-state index is 0.666. The second kappa shape index (κ2) is 4.17. The molecule has 2 heteroatoms. The van der Waals surface area contributed by atoms with Crippen LogP contribution in [0.1, 0.15) is 43.4 Å². The summed E-state index contributed by atoms with van der Waals surface area (Å²) in [5.41, 5.74) is 2.85. The Morgan fingerprint density at radius 3 is 3.19 bits per heavy atom. The van der Waals surface area contributed by atoms with E-state index in [1.54, 1.807) is 0 Å². The predicted octanol–water partition coefficient (Wildman–Crippen LogP) is 2.50. The summed E-state index contributed by atoms with van der Waals surface area (Å²) in [5.74, 6) is 1.54. The lowest BCUT2D eigenvalue weighted by molar-refractivity contribution is 0.283. The fourth-order valence-corrected chi connectivity index (χ4v) is 3.29. The van der Waals surface area contributed by atoms with Gasteiger partial charge in [-0.05, 0) is 49.8 Å². The number of hydrogen-bond acceptors (Lipinski definition) is 2. The van der Waals surface area contributed by atoms with Crippen molar-refractivity contribution in [3.8, 4) is 0 Å². The summed E-state index contributed by atoms with van der Waals surface area (Å²) in [6, 6.07) is 4.98. The molecule has 0 amide bonds. The van der Waals surface area contributed by atoms with Gasteiger partial charge in [0.25, 0.3) is 0 Å². The first-order valence-electron chi connectivity index (χ1n) is 6.52. The number of rotatable bonds is 1. The number of nitrogens with one attached hydrogen (secondary N) is 1. The van der Waals surface area contributed by atoms with Crippen LogP contribution in [0.2, 0.25) is 0 Å². The van der Waals surface area contributed by atoms with Crippen molar-refractivity contribution in [2.75, 3.05) is 6.54 Å².